The van der Waals surface area contributed by atoms with Gasteiger partial charge in [-0.3, -0.25) is 9.88 Å². The molecule has 0 amide bonds. The molecular formula is C18H25N5OS. The van der Waals surface area contributed by atoms with Gasteiger partial charge in [0.25, 0.3) is 0 Å². The van der Waals surface area contributed by atoms with Crippen LogP contribution in [0.3, 0.4) is 0 Å². The van der Waals surface area contributed by atoms with Crippen molar-refractivity contribution in [3.05, 3.63) is 35.1 Å². The SMILES string of the molecule is Cc1cccc(CN2CCC[C@]3(COCCN(c4nncs4)C3)C2)n1. The number of aromatic nitrogens is 3. The van der Waals surface area contributed by atoms with Gasteiger partial charge >= 0.3 is 0 Å². The van der Waals surface area contributed by atoms with Crippen LogP contribution in [-0.2, 0) is 11.3 Å². The van der Waals surface area contributed by atoms with Gasteiger partial charge in [0.2, 0.25) is 5.13 Å². The van der Waals surface area contributed by atoms with Gasteiger partial charge in [-0.15, -0.1) is 10.2 Å². The molecule has 2 saturated heterocycles. The van der Waals surface area contributed by atoms with Gasteiger partial charge < -0.3 is 9.64 Å². The number of aryl methyl sites for hydroxylation is 1. The number of pyridine rings is 1. The number of nitrogens with zero attached hydrogens (tertiary/aromatic N) is 5. The lowest BCUT2D eigenvalue weighted by Crippen LogP contribution is -2.50. The highest BCUT2D eigenvalue weighted by Crippen LogP contribution is 2.35. The zero-order chi connectivity index (χ0) is 17.1. The molecule has 0 bridgehead atoms. The van der Waals surface area contributed by atoms with E-state index in [-0.39, 0.29) is 5.41 Å². The van der Waals surface area contributed by atoms with Crippen LogP contribution < -0.4 is 4.90 Å². The first-order valence-electron chi connectivity index (χ1n) is 8.96. The normalized spacial score (nSPS) is 25.2. The van der Waals surface area contributed by atoms with E-state index in [1.165, 1.54) is 12.8 Å². The molecule has 2 aliphatic heterocycles. The maximum absolute atomic E-state index is 6.01. The molecule has 2 fully saturated rings. The molecule has 2 aromatic rings. The summed E-state index contributed by atoms with van der Waals surface area (Å²) >= 11 is 1.62. The van der Waals surface area contributed by atoms with Crippen molar-refractivity contribution in [3.63, 3.8) is 0 Å². The van der Waals surface area contributed by atoms with Crippen LogP contribution in [0.1, 0.15) is 24.2 Å². The second kappa shape index (κ2) is 7.35. The molecule has 7 heteroatoms. The number of hydrogen-bond donors (Lipinski definition) is 0. The van der Waals surface area contributed by atoms with Crippen LogP contribution in [0.2, 0.25) is 0 Å². The molecule has 0 unspecified atom stereocenters. The Labute approximate surface area is 152 Å². The minimum absolute atomic E-state index is 0.171. The van der Waals surface area contributed by atoms with E-state index in [1.54, 1.807) is 11.3 Å². The summed E-state index contributed by atoms with van der Waals surface area (Å²) in [5.74, 6) is 0. The van der Waals surface area contributed by atoms with Crippen molar-refractivity contribution in [1.29, 1.82) is 0 Å². The summed E-state index contributed by atoms with van der Waals surface area (Å²) in [7, 11) is 0. The highest BCUT2D eigenvalue weighted by molar-refractivity contribution is 7.13. The zero-order valence-electron chi connectivity index (χ0n) is 14.7. The van der Waals surface area contributed by atoms with Gasteiger partial charge in [0, 0.05) is 37.3 Å². The molecule has 4 rings (SSSR count). The Morgan fingerprint density at radius 2 is 2.24 bits per heavy atom. The first-order chi connectivity index (χ1) is 12.2. The summed E-state index contributed by atoms with van der Waals surface area (Å²) in [6.45, 7) is 8.66. The first-order valence-corrected chi connectivity index (χ1v) is 9.84. The van der Waals surface area contributed by atoms with Crippen LogP contribution in [-0.4, -0.2) is 59.5 Å². The number of hydrogen-bond acceptors (Lipinski definition) is 7. The molecule has 6 nitrogen and oxygen atoms in total. The Kier molecular flexibility index (Phi) is 4.96. The van der Waals surface area contributed by atoms with Gasteiger partial charge in [-0.05, 0) is 38.4 Å². The second-order valence-electron chi connectivity index (χ2n) is 7.28. The van der Waals surface area contributed by atoms with Crippen LogP contribution in [0.5, 0.6) is 0 Å². The average Bonchev–Trinajstić information content (AvgIpc) is 3.06. The summed E-state index contributed by atoms with van der Waals surface area (Å²) in [5, 5.41) is 9.30. The van der Waals surface area contributed by atoms with Gasteiger partial charge in [-0.25, -0.2) is 0 Å². The molecule has 0 radical (unpaired) electrons. The smallest absolute Gasteiger partial charge is 0.208 e. The van der Waals surface area contributed by atoms with Gasteiger partial charge in [-0.1, -0.05) is 17.4 Å². The zero-order valence-corrected chi connectivity index (χ0v) is 15.5. The molecule has 0 N–H and O–H groups in total. The molecule has 0 aliphatic carbocycles. The molecule has 2 aromatic heterocycles. The van der Waals surface area contributed by atoms with Crippen molar-refractivity contribution >= 4 is 16.5 Å². The van der Waals surface area contributed by atoms with E-state index in [2.05, 4.69) is 50.1 Å². The first kappa shape index (κ1) is 16.9. The van der Waals surface area contributed by atoms with Crippen LogP contribution >= 0.6 is 11.3 Å². The quantitative estimate of drug-likeness (QED) is 0.839. The van der Waals surface area contributed by atoms with Gasteiger partial charge in [-0.2, -0.15) is 0 Å². The van der Waals surface area contributed by atoms with E-state index in [0.29, 0.717) is 0 Å². The van der Waals surface area contributed by atoms with Gasteiger partial charge in [0.15, 0.2) is 0 Å². The monoisotopic (exact) mass is 359 g/mol. The summed E-state index contributed by atoms with van der Waals surface area (Å²) < 4.78 is 6.01. The van der Waals surface area contributed by atoms with Crippen LogP contribution in [0.25, 0.3) is 0 Å². The second-order valence-corrected chi connectivity index (χ2v) is 8.09. The van der Waals surface area contributed by atoms with Crippen LogP contribution in [0, 0.1) is 12.3 Å². The summed E-state index contributed by atoms with van der Waals surface area (Å²) in [6, 6.07) is 6.29. The maximum atomic E-state index is 6.01. The molecule has 2 aliphatic rings. The number of rotatable bonds is 3. The Balaban J connectivity index is 1.48. The molecule has 25 heavy (non-hydrogen) atoms. The fraction of sp³-hybridized carbons (Fsp3) is 0.611. The van der Waals surface area contributed by atoms with E-state index < -0.39 is 0 Å². The van der Waals surface area contributed by atoms with E-state index in [0.717, 1.165) is 62.5 Å². The topological polar surface area (TPSA) is 54.4 Å². The van der Waals surface area contributed by atoms with E-state index in [1.807, 2.05) is 5.51 Å². The molecule has 4 heterocycles. The minimum Gasteiger partial charge on any atom is -0.379 e. The highest BCUT2D eigenvalue weighted by atomic mass is 32.1. The summed E-state index contributed by atoms with van der Waals surface area (Å²) in [4.78, 5) is 9.58. The minimum atomic E-state index is 0.171. The van der Waals surface area contributed by atoms with Crippen molar-refractivity contribution < 1.29 is 4.74 Å². The molecular weight excluding hydrogens is 334 g/mol. The van der Waals surface area contributed by atoms with E-state index in [4.69, 9.17) is 4.74 Å². The summed E-state index contributed by atoms with van der Waals surface area (Å²) in [5.41, 5.74) is 4.23. The lowest BCUT2D eigenvalue weighted by atomic mass is 9.80. The molecule has 1 spiro atoms. The third kappa shape index (κ3) is 3.99. The van der Waals surface area contributed by atoms with Crippen molar-refractivity contribution in [3.8, 4) is 0 Å². The fourth-order valence-corrected chi connectivity index (χ4v) is 4.66. The largest absolute Gasteiger partial charge is 0.379 e. The van der Waals surface area contributed by atoms with Gasteiger partial charge in [0.1, 0.15) is 5.51 Å². The Bertz CT molecular complexity index is 695. The van der Waals surface area contributed by atoms with Crippen molar-refractivity contribution in [2.75, 3.05) is 44.3 Å². The Hall–Kier alpha value is -1.57. The maximum Gasteiger partial charge on any atom is 0.208 e. The Morgan fingerprint density at radius 1 is 1.28 bits per heavy atom. The third-order valence-corrected chi connectivity index (χ3v) is 5.88. The molecule has 0 aromatic carbocycles. The van der Waals surface area contributed by atoms with E-state index >= 15 is 0 Å². The van der Waals surface area contributed by atoms with Crippen molar-refractivity contribution in [2.45, 2.75) is 26.3 Å². The predicted molar refractivity (Wildman–Crippen MR) is 98.9 cm³/mol. The van der Waals surface area contributed by atoms with Crippen LogP contribution in [0.4, 0.5) is 5.13 Å². The highest BCUT2D eigenvalue weighted by Gasteiger charge is 2.39. The average molecular weight is 359 g/mol. The molecule has 134 valence electrons. The number of piperidine rings is 1. The summed E-state index contributed by atoms with van der Waals surface area (Å²) in [6.07, 6.45) is 2.42. The number of likely N-dealkylation sites (tertiary alicyclic amines) is 1. The van der Waals surface area contributed by atoms with Gasteiger partial charge in [0.05, 0.1) is 18.9 Å². The van der Waals surface area contributed by atoms with Crippen molar-refractivity contribution in [2.24, 2.45) is 5.41 Å². The lowest BCUT2D eigenvalue weighted by Gasteiger charge is -2.43. The Morgan fingerprint density at radius 3 is 3.08 bits per heavy atom. The third-order valence-electron chi connectivity index (χ3n) is 5.13. The van der Waals surface area contributed by atoms with E-state index in [9.17, 15) is 0 Å². The standard InChI is InChI=1S/C18H25N5OS/c1-15-4-2-5-16(20-15)10-22-7-3-6-18(11-22)12-23(8-9-24-13-18)17-21-19-14-25-17/h2,4-5,14H,3,6-13H2,1H3/t18-/m0/s1. The molecule has 0 saturated carbocycles. The number of anilines is 1. The van der Waals surface area contributed by atoms with Crippen molar-refractivity contribution in [1.82, 2.24) is 20.1 Å². The fourth-order valence-electron chi connectivity index (χ4n) is 4.07. The number of ether oxygens (including phenoxy) is 1. The predicted octanol–water partition coefficient (Wildman–Crippen LogP) is 2.36. The lowest BCUT2D eigenvalue weighted by molar-refractivity contribution is 0.0103. The van der Waals surface area contributed by atoms with Crippen LogP contribution in [0.15, 0.2) is 23.7 Å². The molecule has 1 atom stereocenters.